The van der Waals surface area contributed by atoms with E-state index in [4.69, 9.17) is 14.7 Å². The Labute approximate surface area is 135 Å². The van der Waals surface area contributed by atoms with Crippen LogP contribution >= 0.6 is 0 Å². The number of methoxy groups -OCH3 is 2. The van der Waals surface area contributed by atoms with Gasteiger partial charge in [0.25, 0.3) is 10.0 Å². The number of nitrogens with one attached hydrogen (secondary N) is 1. The van der Waals surface area contributed by atoms with Gasteiger partial charge in [-0.2, -0.15) is 5.26 Å². The Balaban J connectivity index is 2.43. The van der Waals surface area contributed by atoms with E-state index < -0.39 is 10.0 Å². The van der Waals surface area contributed by atoms with Crippen molar-refractivity contribution >= 4 is 15.7 Å². The average Bonchev–Trinajstić information content (AvgIpc) is 2.56. The van der Waals surface area contributed by atoms with E-state index in [2.05, 4.69) is 4.72 Å². The van der Waals surface area contributed by atoms with Gasteiger partial charge in [0.05, 0.1) is 36.4 Å². The lowest BCUT2D eigenvalue weighted by Gasteiger charge is -2.14. The summed E-state index contributed by atoms with van der Waals surface area (Å²) in [7, 11) is -0.828. The van der Waals surface area contributed by atoms with Crippen LogP contribution in [0.5, 0.6) is 11.5 Å². The number of hydrogen-bond donors (Lipinski definition) is 1. The molecule has 2 aromatic rings. The summed E-state index contributed by atoms with van der Waals surface area (Å²) in [5, 5.41) is 8.89. The molecular formula is C16H16N2O4S. The number of nitriles is 1. The van der Waals surface area contributed by atoms with Crippen LogP contribution in [0.4, 0.5) is 5.69 Å². The molecule has 2 rings (SSSR count). The Kier molecular flexibility index (Phi) is 4.77. The van der Waals surface area contributed by atoms with Crippen LogP contribution < -0.4 is 14.2 Å². The fraction of sp³-hybridized carbons (Fsp3) is 0.188. The van der Waals surface area contributed by atoms with Crippen molar-refractivity contribution in [3.05, 3.63) is 47.5 Å². The molecule has 1 N–H and O–H groups in total. The fourth-order valence-electron chi connectivity index (χ4n) is 2.03. The van der Waals surface area contributed by atoms with Gasteiger partial charge in [0.1, 0.15) is 0 Å². The number of rotatable bonds is 5. The van der Waals surface area contributed by atoms with Crippen molar-refractivity contribution in [3.63, 3.8) is 0 Å². The van der Waals surface area contributed by atoms with E-state index in [0.717, 1.165) is 0 Å². The van der Waals surface area contributed by atoms with Gasteiger partial charge in [-0.1, -0.05) is 6.07 Å². The second-order valence-corrected chi connectivity index (χ2v) is 6.45. The molecule has 0 aliphatic heterocycles. The Morgan fingerprint density at radius 2 is 1.74 bits per heavy atom. The van der Waals surface area contributed by atoms with Crippen LogP contribution in [0.25, 0.3) is 0 Å². The highest BCUT2D eigenvalue weighted by Gasteiger charge is 2.17. The molecule has 23 heavy (non-hydrogen) atoms. The third kappa shape index (κ3) is 3.55. The van der Waals surface area contributed by atoms with Crippen molar-refractivity contribution in [2.24, 2.45) is 0 Å². The van der Waals surface area contributed by atoms with Gasteiger partial charge in [0, 0.05) is 6.07 Å². The maximum atomic E-state index is 12.5. The van der Waals surface area contributed by atoms with Crippen LogP contribution in [0.2, 0.25) is 0 Å². The minimum atomic E-state index is -3.81. The summed E-state index contributed by atoms with van der Waals surface area (Å²) >= 11 is 0. The molecule has 0 bridgehead atoms. The molecule has 120 valence electrons. The fourth-order valence-corrected chi connectivity index (χ4v) is 3.19. The van der Waals surface area contributed by atoms with Crippen LogP contribution in [0.15, 0.2) is 41.3 Å². The zero-order valence-corrected chi connectivity index (χ0v) is 13.8. The summed E-state index contributed by atoms with van der Waals surface area (Å²) in [6.07, 6.45) is 0. The van der Waals surface area contributed by atoms with Crippen molar-refractivity contribution in [2.45, 2.75) is 11.8 Å². The first-order chi connectivity index (χ1) is 10.9. The van der Waals surface area contributed by atoms with Gasteiger partial charge in [0.15, 0.2) is 11.5 Å². The second kappa shape index (κ2) is 6.58. The molecule has 2 aromatic carbocycles. The molecule has 0 aromatic heterocycles. The Morgan fingerprint density at radius 3 is 2.35 bits per heavy atom. The quantitative estimate of drug-likeness (QED) is 0.909. The Hall–Kier alpha value is -2.72. The lowest BCUT2D eigenvalue weighted by Crippen LogP contribution is -2.14. The molecule has 0 unspecified atom stereocenters. The zero-order valence-electron chi connectivity index (χ0n) is 13.0. The second-order valence-electron chi connectivity index (χ2n) is 4.77. The first kappa shape index (κ1) is 16.6. The van der Waals surface area contributed by atoms with Crippen LogP contribution in [-0.4, -0.2) is 22.6 Å². The summed E-state index contributed by atoms with van der Waals surface area (Å²) in [5.41, 5.74) is 1.34. The number of sulfonamides is 1. The summed E-state index contributed by atoms with van der Waals surface area (Å²) < 4.78 is 37.8. The SMILES string of the molecule is COc1cc(C)c(NS(=O)(=O)c2cccc(C#N)c2)cc1OC. The number of ether oxygens (including phenoxy) is 2. The molecule has 0 spiro atoms. The molecule has 0 radical (unpaired) electrons. The highest BCUT2D eigenvalue weighted by molar-refractivity contribution is 7.92. The summed E-state index contributed by atoms with van der Waals surface area (Å²) in [6.45, 7) is 1.76. The molecule has 6 nitrogen and oxygen atoms in total. The van der Waals surface area contributed by atoms with Crippen molar-refractivity contribution in [2.75, 3.05) is 18.9 Å². The van der Waals surface area contributed by atoms with Crippen LogP contribution in [0, 0.1) is 18.3 Å². The van der Waals surface area contributed by atoms with E-state index >= 15 is 0 Å². The monoisotopic (exact) mass is 332 g/mol. The van der Waals surface area contributed by atoms with E-state index in [-0.39, 0.29) is 10.5 Å². The third-order valence-corrected chi connectivity index (χ3v) is 4.61. The highest BCUT2D eigenvalue weighted by atomic mass is 32.2. The maximum Gasteiger partial charge on any atom is 0.261 e. The largest absolute Gasteiger partial charge is 0.493 e. The van der Waals surface area contributed by atoms with E-state index in [1.54, 1.807) is 25.1 Å². The molecular weight excluding hydrogens is 316 g/mol. The van der Waals surface area contributed by atoms with Gasteiger partial charge in [-0.15, -0.1) is 0 Å². The van der Waals surface area contributed by atoms with Gasteiger partial charge >= 0.3 is 0 Å². The smallest absolute Gasteiger partial charge is 0.261 e. The highest BCUT2D eigenvalue weighted by Crippen LogP contribution is 2.33. The van der Waals surface area contributed by atoms with Gasteiger partial charge in [-0.3, -0.25) is 4.72 Å². The van der Waals surface area contributed by atoms with Crippen LogP contribution in [0.1, 0.15) is 11.1 Å². The predicted molar refractivity (Wildman–Crippen MR) is 86.2 cm³/mol. The third-order valence-electron chi connectivity index (χ3n) is 3.25. The lowest BCUT2D eigenvalue weighted by atomic mass is 10.2. The van der Waals surface area contributed by atoms with Crippen molar-refractivity contribution in [1.82, 2.24) is 0 Å². The molecule has 0 aliphatic carbocycles. The Morgan fingerprint density at radius 1 is 1.09 bits per heavy atom. The number of nitrogens with zero attached hydrogens (tertiary/aromatic N) is 1. The lowest BCUT2D eigenvalue weighted by molar-refractivity contribution is 0.355. The number of aryl methyl sites for hydroxylation is 1. The summed E-state index contributed by atoms with van der Waals surface area (Å²) in [4.78, 5) is 0.0192. The number of benzene rings is 2. The number of anilines is 1. The van der Waals surface area contributed by atoms with Crippen LogP contribution in [-0.2, 0) is 10.0 Å². The first-order valence-corrected chi connectivity index (χ1v) is 8.15. The maximum absolute atomic E-state index is 12.5. The van der Waals surface area contributed by atoms with Crippen molar-refractivity contribution in [1.29, 1.82) is 5.26 Å². The minimum absolute atomic E-state index is 0.0192. The molecule has 0 saturated heterocycles. The minimum Gasteiger partial charge on any atom is -0.493 e. The van der Waals surface area contributed by atoms with E-state index in [1.807, 2.05) is 6.07 Å². The topological polar surface area (TPSA) is 88.4 Å². The van der Waals surface area contributed by atoms with Gasteiger partial charge in [-0.05, 0) is 36.8 Å². The van der Waals surface area contributed by atoms with Crippen molar-refractivity contribution < 1.29 is 17.9 Å². The summed E-state index contributed by atoms with van der Waals surface area (Å²) in [5.74, 6) is 0.931. The molecule has 0 heterocycles. The summed E-state index contributed by atoms with van der Waals surface area (Å²) in [6, 6.07) is 11.0. The standard InChI is InChI=1S/C16H16N2O4S/c1-11-7-15(21-2)16(22-3)9-14(11)18-23(19,20)13-6-4-5-12(8-13)10-17/h4-9,18H,1-3H3. The van der Waals surface area contributed by atoms with Gasteiger partial charge in [-0.25, -0.2) is 8.42 Å². The van der Waals surface area contributed by atoms with Gasteiger partial charge < -0.3 is 9.47 Å². The van der Waals surface area contributed by atoms with E-state index in [9.17, 15) is 8.42 Å². The van der Waals surface area contributed by atoms with Crippen molar-refractivity contribution in [3.8, 4) is 17.6 Å². The van der Waals surface area contributed by atoms with E-state index in [0.29, 0.717) is 22.7 Å². The van der Waals surface area contributed by atoms with E-state index in [1.165, 1.54) is 32.4 Å². The molecule has 0 amide bonds. The van der Waals surface area contributed by atoms with Gasteiger partial charge in [0.2, 0.25) is 0 Å². The molecule has 7 heteroatoms. The Bertz CT molecular complexity index is 870. The van der Waals surface area contributed by atoms with Crippen LogP contribution in [0.3, 0.4) is 0 Å². The molecule has 0 fully saturated rings. The molecule has 0 saturated carbocycles. The number of hydrogen-bond acceptors (Lipinski definition) is 5. The predicted octanol–water partition coefficient (Wildman–Crippen LogP) is 2.68. The zero-order chi connectivity index (χ0) is 17.0. The molecule has 0 atom stereocenters. The normalized spacial score (nSPS) is 10.7. The first-order valence-electron chi connectivity index (χ1n) is 6.67. The molecule has 0 aliphatic rings. The average molecular weight is 332 g/mol.